The zero-order valence-corrected chi connectivity index (χ0v) is 19.3. The molecule has 2 nitrogen and oxygen atoms in total. The number of unbranched alkanes of at least 4 members (excludes halogenated alkanes) is 2. The first-order valence-electron chi connectivity index (χ1n) is 11.6. The molecule has 0 aliphatic rings. The largest absolute Gasteiger partial charge is 0.374 e. The van der Waals surface area contributed by atoms with Crippen LogP contribution in [0.3, 0.4) is 0 Å². The normalized spacial score (nSPS) is 13.6. The Morgan fingerprint density at radius 1 is 0.690 bits per heavy atom. The van der Waals surface area contributed by atoms with Gasteiger partial charge in [-0.15, -0.1) is 0 Å². The first-order chi connectivity index (χ1) is 14.1. The molecule has 2 aromatic carbocycles. The number of hydrogen-bond donors (Lipinski definition) is 0. The molecular formula is C27H41NO. The van der Waals surface area contributed by atoms with Crippen molar-refractivity contribution in [3.63, 3.8) is 0 Å². The molecule has 0 amide bonds. The van der Waals surface area contributed by atoms with E-state index in [0.29, 0.717) is 6.04 Å². The Hall–Kier alpha value is -1.64. The maximum absolute atomic E-state index is 6.04. The quantitative estimate of drug-likeness (QED) is 0.327. The van der Waals surface area contributed by atoms with Gasteiger partial charge in [0.1, 0.15) is 0 Å². The molecule has 0 saturated carbocycles. The average Bonchev–Trinajstić information content (AvgIpc) is 2.73. The van der Waals surface area contributed by atoms with Crippen LogP contribution in [0.5, 0.6) is 0 Å². The molecule has 0 saturated heterocycles. The van der Waals surface area contributed by atoms with Gasteiger partial charge in [0.25, 0.3) is 0 Å². The Morgan fingerprint density at radius 2 is 1.21 bits per heavy atom. The van der Waals surface area contributed by atoms with Gasteiger partial charge in [0.05, 0.1) is 6.10 Å². The first-order valence-corrected chi connectivity index (χ1v) is 11.6. The van der Waals surface area contributed by atoms with Crippen LogP contribution in [0.1, 0.15) is 87.3 Å². The van der Waals surface area contributed by atoms with Crippen LogP contribution in [0.2, 0.25) is 0 Å². The van der Waals surface area contributed by atoms with E-state index in [1.54, 1.807) is 0 Å². The topological polar surface area (TPSA) is 12.5 Å². The molecule has 2 unspecified atom stereocenters. The lowest BCUT2D eigenvalue weighted by Crippen LogP contribution is -2.28. The van der Waals surface area contributed by atoms with Crippen LogP contribution in [-0.4, -0.2) is 24.6 Å². The van der Waals surface area contributed by atoms with E-state index in [1.165, 1.54) is 47.9 Å². The van der Waals surface area contributed by atoms with E-state index in [9.17, 15) is 0 Å². The highest BCUT2D eigenvalue weighted by Gasteiger charge is 2.18. The van der Waals surface area contributed by atoms with Crippen LogP contribution in [-0.2, 0) is 4.74 Å². The van der Waals surface area contributed by atoms with Crippen molar-refractivity contribution in [3.8, 4) is 0 Å². The van der Waals surface area contributed by atoms with Crippen molar-refractivity contribution >= 4 is 0 Å². The van der Waals surface area contributed by atoms with Gasteiger partial charge in [-0.3, -0.25) is 4.90 Å². The summed E-state index contributed by atoms with van der Waals surface area (Å²) in [6, 6.07) is 18.5. The predicted octanol–water partition coefficient (Wildman–Crippen LogP) is 7.41. The van der Waals surface area contributed by atoms with Crippen LogP contribution >= 0.6 is 0 Å². The van der Waals surface area contributed by atoms with Gasteiger partial charge in [0, 0.05) is 12.6 Å². The molecular weight excluding hydrogens is 354 g/mol. The van der Waals surface area contributed by atoms with Crippen molar-refractivity contribution in [2.24, 2.45) is 0 Å². The summed E-state index contributed by atoms with van der Waals surface area (Å²) in [6.07, 6.45) is 6.32. The van der Waals surface area contributed by atoms with Crippen molar-refractivity contribution in [2.45, 2.75) is 78.9 Å². The predicted molar refractivity (Wildman–Crippen MR) is 125 cm³/mol. The zero-order valence-electron chi connectivity index (χ0n) is 19.3. The molecule has 2 rings (SSSR count). The summed E-state index contributed by atoms with van der Waals surface area (Å²) in [6.45, 7) is 13.9. The van der Waals surface area contributed by atoms with Crippen LogP contribution in [0.4, 0.5) is 0 Å². The Labute approximate surface area is 179 Å². The molecule has 0 fully saturated rings. The molecule has 2 aromatic rings. The fourth-order valence-corrected chi connectivity index (χ4v) is 4.19. The Morgan fingerprint density at radius 3 is 1.72 bits per heavy atom. The van der Waals surface area contributed by atoms with Gasteiger partial charge in [-0.25, -0.2) is 0 Å². The van der Waals surface area contributed by atoms with E-state index in [-0.39, 0.29) is 6.10 Å². The van der Waals surface area contributed by atoms with E-state index in [2.05, 4.69) is 88.0 Å². The lowest BCUT2D eigenvalue weighted by Gasteiger charge is -2.30. The first kappa shape index (κ1) is 23.6. The third kappa shape index (κ3) is 7.60. The summed E-state index contributed by atoms with van der Waals surface area (Å²) < 4.78 is 6.04. The lowest BCUT2D eigenvalue weighted by atomic mass is 9.96. The molecule has 0 aliphatic heterocycles. The second-order valence-corrected chi connectivity index (χ2v) is 8.14. The monoisotopic (exact) mass is 395 g/mol. The van der Waals surface area contributed by atoms with Crippen LogP contribution in [0, 0.1) is 13.8 Å². The highest BCUT2D eigenvalue weighted by Crippen LogP contribution is 2.29. The van der Waals surface area contributed by atoms with Crippen LogP contribution in [0.15, 0.2) is 48.5 Å². The summed E-state index contributed by atoms with van der Waals surface area (Å²) in [5, 5.41) is 0. The van der Waals surface area contributed by atoms with Crippen molar-refractivity contribution in [3.05, 3.63) is 70.8 Å². The summed E-state index contributed by atoms with van der Waals surface area (Å²) in [5.41, 5.74) is 5.43. The highest BCUT2D eigenvalue weighted by atomic mass is 16.5. The van der Waals surface area contributed by atoms with Crippen LogP contribution in [0.25, 0.3) is 0 Å². The second-order valence-electron chi connectivity index (χ2n) is 8.14. The van der Waals surface area contributed by atoms with Crippen molar-refractivity contribution < 1.29 is 4.74 Å². The van der Waals surface area contributed by atoms with Crippen LogP contribution < -0.4 is 0 Å². The van der Waals surface area contributed by atoms with E-state index in [1.807, 2.05) is 0 Å². The minimum Gasteiger partial charge on any atom is -0.374 e. The SMILES string of the molecule is CCOC(CCCCCC(c1ccc(C)cc1)N(CC)CC)c1ccc(C)cc1. The summed E-state index contributed by atoms with van der Waals surface area (Å²) in [4.78, 5) is 2.60. The molecule has 29 heavy (non-hydrogen) atoms. The molecule has 0 heterocycles. The van der Waals surface area contributed by atoms with Crippen molar-refractivity contribution in [2.75, 3.05) is 19.7 Å². The summed E-state index contributed by atoms with van der Waals surface area (Å²) in [5.74, 6) is 0. The lowest BCUT2D eigenvalue weighted by molar-refractivity contribution is 0.0540. The Kier molecular flexibility index (Phi) is 10.5. The van der Waals surface area contributed by atoms with Crippen molar-refractivity contribution in [1.82, 2.24) is 4.90 Å². The smallest absolute Gasteiger partial charge is 0.0824 e. The van der Waals surface area contributed by atoms with E-state index in [0.717, 1.165) is 26.1 Å². The van der Waals surface area contributed by atoms with Crippen molar-refractivity contribution in [1.29, 1.82) is 0 Å². The minimum atomic E-state index is 0.233. The van der Waals surface area contributed by atoms with E-state index in [4.69, 9.17) is 4.74 Å². The summed E-state index contributed by atoms with van der Waals surface area (Å²) >= 11 is 0. The maximum atomic E-state index is 6.04. The standard InChI is InChI=1S/C27H41NO/c1-6-28(7-2)26(24-18-14-22(4)15-19-24)12-10-9-11-13-27(29-8-3)25-20-16-23(5)17-21-25/h14-21,26-27H,6-13H2,1-5H3. The Bertz CT molecular complexity index is 673. The summed E-state index contributed by atoms with van der Waals surface area (Å²) in [7, 11) is 0. The number of benzene rings is 2. The number of aryl methyl sites for hydroxylation is 2. The number of hydrogen-bond acceptors (Lipinski definition) is 2. The van der Waals surface area contributed by atoms with Gasteiger partial charge in [-0.1, -0.05) is 92.8 Å². The van der Waals surface area contributed by atoms with Gasteiger partial charge >= 0.3 is 0 Å². The van der Waals surface area contributed by atoms with Gasteiger partial charge in [-0.2, -0.15) is 0 Å². The number of nitrogens with zero attached hydrogens (tertiary/aromatic N) is 1. The fraction of sp³-hybridized carbons (Fsp3) is 0.556. The molecule has 0 radical (unpaired) electrons. The molecule has 0 spiro atoms. The average molecular weight is 396 g/mol. The molecule has 160 valence electrons. The third-order valence-electron chi connectivity index (χ3n) is 5.98. The fourth-order valence-electron chi connectivity index (χ4n) is 4.19. The zero-order chi connectivity index (χ0) is 21.1. The second kappa shape index (κ2) is 12.8. The third-order valence-corrected chi connectivity index (χ3v) is 5.98. The van der Waals surface area contributed by atoms with Gasteiger partial charge in [-0.05, 0) is 57.8 Å². The van der Waals surface area contributed by atoms with Gasteiger partial charge in [0.15, 0.2) is 0 Å². The molecule has 0 aliphatic carbocycles. The Balaban J connectivity index is 1.87. The minimum absolute atomic E-state index is 0.233. The van der Waals surface area contributed by atoms with Gasteiger partial charge in [0.2, 0.25) is 0 Å². The maximum Gasteiger partial charge on any atom is 0.0824 e. The molecule has 2 atom stereocenters. The van der Waals surface area contributed by atoms with E-state index >= 15 is 0 Å². The molecule has 2 heteroatoms. The molecule has 0 bridgehead atoms. The molecule has 0 N–H and O–H groups in total. The number of rotatable bonds is 13. The number of ether oxygens (including phenoxy) is 1. The molecule has 0 aromatic heterocycles. The van der Waals surface area contributed by atoms with Gasteiger partial charge < -0.3 is 4.74 Å². The highest BCUT2D eigenvalue weighted by molar-refractivity contribution is 5.24. The van der Waals surface area contributed by atoms with E-state index < -0.39 is 0 Å².